The van der Waals surface area contributed by atoms with Crippen LogP contribution in [-0.4, -0.2) is 22.1 Å². The van der Waals surface area contributed by atoms with Crippen LogP contribution in [0.3, 0.4) is 0 Å². The predicted molar refractivity (Wildman–Crippen MR) is 56.1 cm³/mol. The number of hydrogen-bond donors (Lipinski definition) is 1. The lowest BCUT2D eigenvalue weighted by Crippen LogP contribution is -2.23. The first-order valence-electron chi connectivity index (χ1n) is 5.13. The molecule has 0 radical (unpaired) electrons. The molecule has 0 amide bonds. The van der Waals surface area contributed by atoms with Crippen molar-refractivity contribution in [1.82, 2.24) is 9.55 Å². The van der Waals surface area contributed by atoms with Crippen molar-refractivity contribution in [3.8, 4) is 0 Å². The van der Waals surface area contributed by atoms with Crippen LogP contribution in [0.25, 0.3) is 0 Å². The van der Waals surface area contributed by atoms with E-state index in [9.17, 15) is 4.79 Å². The Morgan fingerprint density at radius 1 is 1.67 bits per heavy atom. The van der Waals surface area contributed by atoms with Crippen LogP contribution >= 0.6 is 0 Å². The molecule has 84 valence electrons. The lowest BCUT2D eigenvalue weighted by molar-refractivity contribution is -0.147. The highest BCUT2D eigenvalue weighted by molar-refractivity contribution is 5.74. The zero-order valence-corrected chi connectivity index (χ0v) is 9.14. The summed E-state index contributed by atoms with van der Waals surface area (Å²) in [7, 11) is 0. The van der Waals surface area contributed by atoms with Crippen molar-refractivity contribution in [3.05, 3.63) is 18.2 Å². The van der Waals surface area contributed by atoms with Gasteiger partial charge in [-0.25, -0.2) is 9.78 Å². The SMILES string of the molecule is CCOC(=O)C(CC)n1ccnc1CN. The van der Waals surface area contributed by atoms with Gasteiger partial charge in [0, 0.05) is 12.4 Å². The predicted octanol–water partition coefficient (Wildman–Crippen LogP) is 0.856. The largest absolute Gasteiger partial charge is 0.464 e. The Bertz CT molecular complexity index is 322. The van der Waals surface area contributed by atoms with Gasteiger partial charge in [-0.2, -0.15) is 0 Å². The first-order valence-corrected chi connectivity index (χ1v) is 5.13. The minimum Gasteiger partial charge on any atom is -0.464 e. The molecule has 1 heterocycles. The third-order valence-corrected chi connectivity index (χ3v) is 2.21. The summed E-state index contributed by atoms with van der Waals surface area (Å²) in [6.07, 6.45) is 4.07. The molecule has 1 rings (SSSR count). The normalized spacial score (nSPS) is 12.5. The molecule has 1 unspecified atom stereocenters. The maximum atomic E-state index is 11.6. The second-order valence-corrected chi connectivity index (χ2v) is 3.13. The second kappa shape index (κ2) is 5.50. The summed E-state index contributed by atoms with van der Waals surface area (Å²) in [6.45, 7) is 4.44. The van der Waals surface area contributed by atoms with Crippen LogP contribution in [0.15, 0.2) is 12.4 Å². The number of hydrogen-bond acceptors (Lipinski definition) is 4. The molecule has 0 aliphatic rings. The fraction of sp³-hybridized carbons (Fsp3) is 0.600. The van der Waals surface area contributed by atoms with E-state index in [0.29, 0.717) is 25.4 Å². The Labute approximate surface area is 89.2 Å². The van der Waals surface area contributed by atoms with Gasteiger partial charge in [0.25, 0.3) is 0 Å². The number of nitrogens with zero attached hydrogens (tertiary/aromatic N) is 2. The Morgan fingerprint density at radius 3 is 2.93 bits per heavy atom. The first kappa shape index (κ1) is 11.7. The quantitative estimate of drug-likeness (QED) is 0.733. The molecule has 5 heteroatoms. The van der Waals surface area contributed by atoms with Crippen molar-refractivity contribution in [2.75, 3.05) is 6.61 Å². The molecule has 1 aromatic heterocycles. The van der Waals surface area contributed by atoms with E-state index >= 15 is 0 Å². The highest BCUT2D eigenvalue weighted by Gasteiger charge is 2.21. The van der Waals surface area contributed by atoms with Crippen LogP contribution in [0, 0.1) is 0 Å². The second-order valence-electron chi connectivity index (χ2n) is 3.13. The number of nitrogens with two attached hydrogens (primary N) is 1. The lowest BCUT2D eigenvalue weighted by Gasteiger charge is -2.16. The molecule has 0 saturated carbocycles. The van der Waals surface area contributed by atoms with Crippen molar-refractivity contribution < 1.29 is 9.53 Å². The summed E-state index contributed by atoms with van der Waals surface area (Å²) >= 11 is 0. The van der Waals surface area contributed by atoms with Gasteiger partial charge in [-0.1, -0.05) is 6.92 Å². The maximum absolute atomic E-state index is 11.6. The summed E-state index contributed by atoms with van der Waals surface area (Å²) in [5.74, 6) is 0.475. The number of imidazole rings is 1. The molecule has 0 aromatic carbocycles. The molecular formula is C10H17N3O2. The van der Waals surface area contributed by atoms with Gasteiger partial charge in [-0.05, 0) is 13.3 Å². The molecule has 5 nitrogen and oxygen atoms in total. The summed E-state index contributed by atoms with van der Waals surface area (Å²) in [5, 5.41) is 0. The molecule has 15 heavy (non-hydrogen) atoms. The summed E-state index contributed by atoms with van der Waals surface area (Å²) < 4.78 is 6.77. The molecular weight excluding hydrogens is 194 g/mol. The van der Waals surface area contributed by atoms with Crippen LogP contribution < -0.4 is 5.73 Å². The molecule has 0 saturated heterocycles. The first-order chi connectivity index (χ1) is 7.24. The summed E-state index contributed by atoms with van der Waals surface area (Å²) in [6, 6.07) is -0.314. The van der Waals surface area contributed by atoms with Crippen molar-refractivity contribution in [2.45, 2.75) is 32.9 Å². The minimum atomic E-state index is -0.314. The molecule has 0 spiro atoms. The number of ether oxygens (including phenoxy) is 1. The van der Waals surface area contributed by atoms with Crippen LogP contribution in [0.1, 0.15) is 32.1 Å². The van der Waals surface area contributed by atoms with E-state index in [1.807, 2.05) is 6.92 Å². The average Bonchev–Trinajstić information content (AvgIpc) is 2.67. The van der Waals surface area contributed by atoms with Gasteiger partial charge in [-0.15, -0.1) is 0 Å². The van der Waals surface area contributed by atoms with Crippen molar-refractivity contribution in [3.63, 3.8) is 0 Å². The van der Waals surface area contributed by atoms with Crippen molar-refractivity contribution in [2.24, 2.45) is 5.73 Å². The standard InChI is InChI=1S/C10H17N3O2/c1-3-8(10(14)15-4-2)13-6-5-12-9(13)7-11/h5-6,8H,3-4,7,11H2,1-2H3. The molecule has 0 fully saturated rings. The van der Waals surface area contributed by atoms with Gasteiger partial charge < -0.3 is 15.0 Å². The summed E-state index contributed by atoms with van der Waals surface area (Å²) in [5.41, 5.74) is 5.53. The van der Waals surface area contributed by atoms with E-state index in [-0.39, 0.29) is 12.0 Å². The molecule has 1 atom stereocenters. The van der Waals surface area contributed by atoms with Gasteiger partial charge in [-0.3, -0.25) is 0 Å². The topological polar surface area (TPSA) is 70.1 Å². The Hall–Kier alpha value is -1.36. The third kappa shape index (κ3) is 2.56. The van der Waals surface area contributed by atoms with E-state index in [1.54, 1.807) is 23.9 Å². The van der Waals surface area contributed by atoms with E-state index in [4.69, 9.17) is 10.5 Å². The number of carbonyl (C=O) groups excluding carboxylic acids is 1. The molecule has 0 aliphatic heterocycles. The third-order valence-electron chi connectivity index (χ3n) is 2.21. The van der Waals surface area contributed by atoms with Crippen LogP contribution in [0.4, 0.5) is 0 Å². The van der Waals surface area contributed by atoms with Crippen LogP contribution in [-0.2, 0) is 16.1 Å². The maximum Gasteiger partial charge on any atom is 0.329 e. The highest BCUT2D eigenvalue weighted by Crippen LogP contribution is 2.15. The highest BCUT2D eigenvalue weighted by atomic mass is 16.5. The summed E-state index contributed by atoms with van der Waals surface area (Å²) in [4.78, 5) is 15.7. The number of rotatable bonds is 5. The van der Waals surface area contributed by atoms with Crippen molar-refractivity contribution in [1.29, 1.82) is 0 Å². The van der Waals surface area contributed by atoms with E-state index < -0.39 is 0 Å². The lowest BCUT2D eigenvalue weighted by atomic mass is 10.2. The molecule has 2 N–H and O–H groups in total. The van der Waals surface area contributed by atoms with Gasteiger partial charge in [0.1, 0.15) is 11.9 Å². The Kier molecular flexibility index (Phi) is 4.30. The number of esters is 1. The van der Waals surface area contributed by atoms with Gasteiger partial charge in [0.05, 0.1) is 13.2 Å². The number of aromatic nitrogens is 2. The average molecular weight is 211 g/mol. The Balaban J connectivity index is 2.86. The molecule has 1 aromatic rings. The van der Waals surface area contributed by atoms with Crippen molar-refractivity contribution >= 4 is 5.97 Å². The zero-order chi connectivity index (χ0) is 11.3. The fourth-order valence-corrected chi connectivity index (χ4v) is 1.50. The minimum absolute atomic E-state index is 0.229. The van der Waals surface area contributed by atoms with Crippen LogP contribution in [0.2, 0.25) is 0 Å². The van der Waals surface area contributed by atoms with E-state index in [2.05, 4.69) is 4.98 Å². The van der Waals surface area contributed by atoms with Gasteiger partial charge >= 0.3 is 5.97 Å². The number of carbonyl (C=O) groups is 1. The fourth-order valence-electron chi connectivity index (χ4n) is 1.50. The monoisotopic (exact) mass is 211 g/mol. The van der Waals surface area contributed by atoms with E-state index in [1.165, 1.54) is 0 Å². The smallest absolute Gasteiger partial charge is 0.329 e. The molecule has 0 bridgehead atoms. The van der Waals surface area contributed by atoms with E-state index in [0.717, 1.165) is 0 Å². The molecule has 0 aliphatic carbocycles. The van der Waals surface area contributed by atoms with Gasteiger partial charge in [0.15, 0.2) is 0 Å². The van der Waals surface area contributed by atoms with Crippen LogP contribution in [0.5, 0.6) is 0 Å². The zero-order valence-electron chi connectivity index (χ0n) is 9.14. The van der Waals surface area contributed by atoms with Gasteiger partial charge in [0.2, 0.25) is 0 Å². The Morgan fingerprint density at radius 2 is 2.40 bits per heavy atom.